The Labute approximate surface area is 176 Å². The second-order valence-corrected chi connectivity index (χ2v) is 15.7. The van der Waals surface area contributed by atoms with Gasteiger partial charge in [-0.3, -0.25) is 0 Å². The minimum absolute atomic E-state index is 0.192. The topological polar surface area (TPSA) is 58.9 Å². The van der Waals surface area contributed by atoms with Crippen molar-refractivity contribution in [2.45, 2.75) is 100 Å². The van der Waals surface area contributed by atoms with Crippen LogP contribution in [-0.2, 0) is 9.16 Å². The predicted octanol–water partition coefficient (Wildman–Crippen LogP) is 5.12. The SMILES string of the molecule is Cc1ccc(S[C@H]2C[C@@H](O)[C@@H](O)[C@@H](CO[Si](C(C)C)(C(C)C)C(C)C)O2)cc1. The molecule has 0 bridgehead atoms. The van der Waals surface area contributed by atoms with E-state index in [0.717, 1.165) is 4.90 Å². The third-order valence-electron chi connectivity index (χ3n) is 6.03. The summed E-state index contributed by atoms with van der Waals surface area (Å²) in [5, 5.41) is 20.9. The molecule has 0 aromatic heterocycles. The summed E-state index contributed by atoms with van der Waals surface area (Å²) in [6.07, 6.45) is -1.79. The van der Waals surface area contributed by atoms with E-state index in [1.807, 2.05) is 0 Å². The maximum absolute atomic E-state index is 10.5. The van der Waals surface area contributed by atoms with Crippen LogP contribution in [0.1, 0.15) is 53.5 Å². The summed E-state index contributed by atoms with van der Waals surface area (Å²) in [7, 11) is -2.05. The van der Waals surface area contributed by atoms with E-state index in [9.17, 15) is 10.2 Å². The molecule has 1 heterocycles. The monoisotopic (exact) mass is 426 g/mol. The molecule has 6 heteroatoms. The Morgan fingerprint density at radius 3 is 2.07 bits per heavy atom. The number of thioether (sulfide) groups is 1. The molecule has 0 aliphatic carbocycles. The maximum atomic E-state index is 10.5. The van der Waals surface area contributed by atoms with Gasteiger partial charge in [-0.1, -0.05) is 71.0 Å². The number of benzene rings is 1. The minimum atomic E-state index is -2.05. The number of aliphatic hydroxyl groups is 2. The first kappa shape index (κ1) is 23.9. The van der Waals surface area contributed by atoms with Crippen molar-refractivity contribution in [2.24, 2.45) is 0 Å². The highest BCUT2D eigenvalue weighted by Crippen LogP contribution is 2.43. The molecule has 1 aliphatic heterocycles. The van der Waals surface area contributed by atoms with Crippen molar-refractivity contribution in [2.75, 3.05) is 6.61 Å². The highest BCUT2D eigenvalue weighted by atomic mass is 32.2. The van der Waals surface area contributed by atoms with Gasteiger partial charge in [0.15, 0.2) is 8.32 Å². The number of hydrogen-bond donors (Lipinski definition) is 2. The summed E-state index contributed by atoms with van der Waals surface area (Å²) in [5.41, 5.74) is 2.43. The fraction of sp³-hybridized carbons (Fsp3) is 0.727. The standard InChI is InChI=1S/C22H38O4SSi/c1-14(2)28(15(3)4,16(5)6)25-13-20-22(24)19(23)12-21(26-20)27-18-10-8-17(7)9-11-18/h8-11,14-16,19-24H,12-13H2,1-7H3/t19-,20-,21+,22-/m1/s1. The number of ether oxygens (including phenoxy) is 1. The lowest BCUT2D eigenvalue weighted by Crippen LogP contribution is -2.54. The van der Waals surface area contributed by atoms with Gasteiger partial charge in [0, 0.05) is 11.3 Å². The number of rotatable bonds is 8. The summed E-state index contributed by atoms with van der Waals surface area (Å²) in [5.74, 6) is 0. The first-order chi connectivity index (χ1) is 13.1. The van der Waals surface area contributed by atoms with Crippen LogP contribution in [0.15, 0.2) is 29.2 Å². The molecule has 28 heavy (non-hydrogen) atoms. The Morgan fingerprint density at radius 2 is 1.57 bits per heavy atom. The van der Waals surface area contributed by atoms with Crippen molar-refractivity contribution >= 4 is 20.1 Å². The van der Waals surface area contributed by atoms with E-state index in [-0.39, 0.29) is 5.44 Å². The van der Waals surface area contributed by atoms with E-state index < -0.39 is 26.6 Å². The van der Waals surface area contributed by atoms with E-state index in [1.165, 1.54) is 5.56 Å². The van der Waals surface area contributed by atoms with Crippen LogP contribution in [0.25, 0.3) is 0 Å². The van der Waals surface area contributed by atoms with E-state index in [4.69, 9.17) is 9.16 Å². The van der Waals surface area contributed by atoms with Crippen molar-refractivity contribution in [1.29, 1.82) is 0 Å². The third kappa shape index (κ3) is 5.40. The van der Waals surface area contributed by atoms with Gasteiger partial charge < -0.3 is 19.4 Å². The van der Waals surface area contributed by atoms with Gasteiger partial charge in [-0.2, -0.15) is 0 Å². The fourth-order valence-corrected chi connectivity index (χ4v) is 11.2. The summed E-state index contributed by atoms with van der Waals surface area (Å²) in [4.78, 5) is 1.11. The smallest absolute Gasteiger partial charge is 0.200 e. The maximum Gasteiger partial charge on any atom is 0.200 e. The van der Waals surface area contributed by atoms with Crippen LogP contribution >= 0.6 is 11.8 Å². The molecule has 0 saturated carbocycles. The molecule has 4 atom stereocenters. The van der Waals surface area contributed by atoms with Crippen molar-refractivity contribution in [3.05, 3.63) is 29.8 Å². The molecule has 1 fully saturated rings. The first-order valence-electron chi connectivity index (χ1n) is 10.5. The number of aliphatic hydroxyl groups excluding tert-OH is 2. The van der Waals surface area contributed by atoms with Gasteiger partial charge >= 0.3 is 0 Å². The zero-order chi connectivity index (χ0) is 21.1. The molecule has 1 aromatic rings. The molecule has 2 N–H and O–H groups in total. The Balaban J connectivity index is 2.09. The van der Waals surface area contributed by atoms with Gasteiger partial charge in [-0.05, 0) is 35.7 Å². The average Bonchev–Trinajstić information content (AvgIpc) is 2.60. The summed E-state index contributed by atoms with van der Waals surface area (Å²) in [6.45, 7) is 15.9. The van der Waals surface area contributed by atoms with Crippen LogP contribution < -0.4 is 0 Å². The summed E-state index contributed by atoms with van der Waals surface area (Å²) < 4.78 is 12.8. The third-order valence-corrected chi connectivity index (χ3v) is 13.2. The molecule has 2 rings (SSSR count). The van der Waals surface area contributed by atoms with Gasteiger partial charge in [-0.25, -0.2) is 0 Å². The van der Waals surface area contributed by atoms with Crippen LogP contribution in [0.5, 0.6) is 0 Å². The Bertz CT molecular complexity index is 583. The molecule has 0 unspecified atom stereocenters. The van der Waals surface area contributed by atoms with Gasteiger partial charge in [0.05, 0.1) is 12.7 Å². The van der Waals surface area contributed by atoms with Crippen molar-refractivity contribution in [3.8, 4) is 0 Å². The quantitative estimate of drug-likeness (QED) is 0.565. The van der Waals surface area contributed by atoms with Crippen molar-refractivity contribution in [1.82, 2.24) is 0 Å². The van der Waals surface area contributed by atoms with Crippen molar-refractivity contribution < 1.29 is 19.4 Å². The van der Waals surface area contributed by atoms with E-state index in [0.29, 0.717) is 29.7 Å². The highest BCUT2D eigenvalue weighted by molar-refractivity contribution is 7.99. The summed E-state index contributed by atoms with van der Waals surface area (Å²) in [6, 6.07) is 8.29. The van der Waals surface area contributed by atoms with E-state index >= 15 is 0 Å². The lowest BCUT2D eigenvalue weighted by Gasteiger charge is -2.44. The average molecular weight is 427 g/mol. The van der Waals surface area contributed by atoms with E-state index in [1.54, 1.807) is 11.8 Å². The molecular weight excluding hydrogens is 388 g/mol. The Kier molecular flexibility index (Phi) is 8.61. The molecule has 0 spiro atoms. The van der Waals surface area contributed by atoms with Crippen molar-refractivity contribution in [3.63, 3.8) is 0 Å². The van der Waals surface area contributed by atoms with Crippen LogP contribution in [-0.4, -0.2) is 48.9 Å². The fourth-order valence-electron chi connectivity index (χ4n) is 4.62. The first-order valence-corrected chi connectivity index (χ1v) is 13.5. The highest BCUT2D eigenvalue weighted by Gasteiger charge is 2.47. The Morgan fingerprint density at radius 1 is 1.04 bits per heavy atom. The molecule has 1 saturated heterocycles. The second kappa shape index (κ2) is 10.1. The summed E-state index contributed by atoms with van der Waals surface area (Å²) >= 11 is 1.60. The lowest BCUT2D eigenvalue weighted by molar-refractivity contribution is -0.155. The van der Waals surface area contributed by atoms with Gasteiger partial charge in [-0.15, -0.1) is 0 Å². The van der Waals surface area contributed by atoms with Crippen LogP contribution in [0.4, 0.5) is 0 Å². The molecule has 1 aliphatic rings. The minimum Gasteiger partial charge on any atom is -0.413 e. The van der Waals surface area contributed by atoms with Crippen LogP contribution in [0.2, 0.25) is 16.6 Å². The second-order valence-electron chi connectivity index (χ2n) is 8.96. The van der Waals surface area contributed by atoms with Gasteiger partial charge in [0.2, 0.25) is 0 Å². The van der Waals surface area contributed by atoms with Gasteiger partial charge in [0.1, 0.15) is 17.6 Å². The van der Waals surface area contributed by atoms with Crippen LogP contribution in [0.3, 0.4) is 0 Å². The predicted molar refractivity (Wildman–Crippen MR) is 119 cm³/mol. The largest absolute Gasteiger partial charge is 0.413 e. The Hall–Kier alpha value is -0.373. The number of aryl methyl sites for hydroxylation is 1. The zero-order valence-corrected chi connectivity index (χ0v) is 20.2. The molecule has 0 radical (unpaired) electrons. The molecular formula is C22H38O4SSi. The molecule has 160 valence electrons. The van der Waals surface area contributed by atoms with Gasteiger partial charge in [0.25, 0.3) is 0 Å². The number of hydrogen-bond acceptors (Lipinski definition) is 5. The molecule has 1 aromatic carbocycles. The van der Waals surface area contributed by atoms with Crippen LogP contribution in [0, 0.1) is 6.92 Å². The lowest BCUT2D eigenvalue weighted by atomic mass is 10.0. The van der Waals surface area contributed by atoms with E-state index in [2.05, 4.69) is 72.7 Å². The molecule has 4 nitrogen and oxygen atoms in total. The zero-order valence-electron chi connectivity index (χ0n) is 18.4. The normalized spacial score (nSPS) is 26.4. The molecule has 0 amide bonds.